The van der Waals surface area contributed by atoms with Crippen molar-refractivity contribution in [3.05, 3.63) is 22.7 Å². The minimum atomic E-state index is 0.162. The summed E-state index contributed by atoms with van der Waals surface area (Å²) in [7, 11) is 3.23. The SMILES string of the molecule is CCC(CC)N(CCOC)Cc1cc(Cl)cc(OC)c1O. The van der Waals surface area contributed by atoms with Crippen LogP contribution in [0.1, 0.15) is 32.3 Å². The van der Waals surface area contributed by atoms with E-state index in [4.69, 9.17) is 21.1 Å². The Bertz CT molecular complexity index is 436. The van der Waals surface area contributed by atoms with Gasteiger partial charge in [0.15, 0.2) is 11.5 Å². The van der Waals surface area contributed by atoms with Gasteiger partial charge in [-0.05, 0) is 18.9 Å². The molecule has 1 aromatic rings. The average Bonchev–Trinajstić information content (AvgIpc) is 2.48. The number of aromatic hydroxyl groups is 1. The summed E-state index contributed by atoms with van der Waals surface area (Å²) in [6.07, 6.45) is 2.11. The van der Waals surface area contributed by atoms with Gasteiger partial charge in [0.2, 0.25) is 0 Å². The molecule has 120 valence electrons. The minimum absolute atomic E-state index is 0.162. The lowest BCUT2D eigenvalue weighted by atomic mass is 10.1. The first-order chi connectivity index (χ1) is 10.1. The molecule has 0 fully saturated rings. The van der Waals surface area contributed by atoms with Gasteiger partial charge in [-0.25, -0.2) is 0 Å². The van der Waals surface area contributed by atoms with Gasteiger partial charge in [0.05, 0.1) is 13.7 Å². The molecule has 0 heterocycles. The second kappa shape index (κ2) is 9.13. The number of rotatable bonds is 9. The molecule has 0 unspecified atom stereocenters. The fourth-order valence-corrected chi connectivity index (χ4v) is 2.76. The third kappa shape index (κ3) is 5.06. The third-order valence-corrected chi connectivity index (χ3v) is 3.97. The zero-order valence-electron chi connectivity index (χ0n) is 13.4. The Morgan fingerprint density at radius 2 is 1.90 bits per heavy atom. The molecule has 0 bridgehead atoms. The number of methoxy groups -OCH3 is 2. The summed E-state index contributed by atoms with van der Waals surface area (Å²) >= 11 is 6.10. The summed E-state index contributed by atoms with van der Waals surface area (Å²) in [5.74, 6) is 0.573. The van der Waals surface area contributed by atoms with Crippen molar-refractivity contribution >= 4 is 11.6 Å². The van der Waals surface area contributed by atoms with Crippen molar-refractivity contribution in [2.45, 2.75) is 39.3 Å². The van der Waals surface area contributed by atoms with Crippen LogP contribution in [0.25, 0.3) is 0 Å². The van der Waals surface area contributed by atoms with Crippen LogP contribution in [-0.2, 0) is 11.3 Å². The Morgan fingerprint density at radius 1 is 1.24 bits per heavy atom. The minimum Gasteiger partial charge on any atom is -0.504 e. The average molecular weight is 316 g/mol. The Balaban J connectivity index is 2.99. The van der Waals surface area contributed by atoms with Crippen molar-refractivity contribution < 1.29 is 14.6 Å². The molecule has 0 atom stereocenters. The number of hydrogen-bond donors (Lipinski definition) is 1. The van der Waals surface area contributed by atoms with Crippen LogP contribution in [-0.4, -0.2) is 43.4 Å². The number of ether oxygens (including phenoxy) is 2. The molecule has 0 aromatic heterocycles. The van der Waals surface area contributed by atoms with Crippen LogP contribution in [0.4, 0.5) is 0 Å². The van der Waals surface area contributed by atoms with Gasteiger partial charge in [0.25, 0.3) is 0 Å². The van der Waals surface area contributed by atoms with Gasteiger partial charge in [-0.2, -0.15) is 0 Å². The standard InChI is InChI=1S/C16H26ClNO3/c1-5-14(6-2)18(7-8-20-3)11-12-9-13(17)10-15(21-4)16(12)19/h9-10,14,19H,5-8,11H2,1-4H3. The van der Waals surface area contributed by atoms with Gasteiger partial charge < -0.3 is 14.6 Å². The summed E-state index contributed by atoms with van der Waals surface area (Å²) < 4.78 is 10.4. The number of phenols is 1. The molecule has 0 aliphatic rings. The van der Waals surface area contributed by atoms with Gasteiger partial charge in [0.1, 0.15) is 0 Å². The summed E-state index contributed by atoms with van der Waals surface area (Å²) in [5.41, 5.74) is 0.780. The highest BCUT2D eigenvalue weighted by Crippen LogP contribution is 2.34. The molecular weight excluding hydrogens is 290 g/mol. The summed E-state index contributed by atoms with van der Waals surface area (Å²) in [6, 6.07) is 3.86. The lowest BCUT2D eigenvalue weighted by Crippen LogP contribution is -2.36. The van der Waals surface area contributed by atoms with Gasteiger partial charge in [-0.15, -0.1) is 0 Å². The van der Waals surface area contributed by atoms with Crippen LogP contribution in [0.2, 0.25) is 5.02 Å². The highest BCUT2D eigenvalue weighted by Gasteiger charge is 2.18. The van der Waals surface area contributed by atoms with E-state index in [1.165, 1.54) is 7.11 Å². The summed E-state index contributed by atoms with van der Waals surface area (Å²) in [4.78, 5) is 2.31. The maximum Gasteiger partial charge on any atom is 0.162 e. The molecule has 5 heteroatoms. The Labute approximate surface area is 132 Å². The van der Waals surface area contributed by atoms with Crippen LogP contribution in [0.3, 0.4) is 0 Å². The fraction of sp³-hybridized carbons (Fsp3) is 0.625. The molecule has 0 aliphatic heterocycles. The Morgan fingerprint density at radius 3 is 2.43 bits per heavy atom. The topological polar surface area (TPSA) is 41.9 Å². The molecular formula is C16H26ClNO3. The molecule has 21 heavy (non-hydrogen) atoms. The van der Waals surface area contributed by atoms with Crippen LogP contribution < -0.4 is 4.74 Å². The smallest absolute Gasteiger partial charge is 0.162 e. The first-order valence-electron chi connectivity index (χ1n) is 7.35. The first kappa shape index (κ1) is 18.1. The normalized spacial score (nSPS) is 11.4. The molecule has 1 rings (SSSR count). The zero-order chi connectivity index (χ0) is 15.8. The Kier molecular flexibility index (Phi) is 7.86. The molecule has 0 radical (unpaired) electrons. The quantitative estimate of drug-likeness (QED) is 0.754. The molecule has 0 saturated heterocycles. The van der Waals surface area contributed by atoms with Gasteiger partial charge in [-0.3, -0.25) is 4.90 Å². The van der Waals surface area contributed by atoms with E-state index in [0.717, 1.165) is 24.9 Å². The maximum atomic E-state index is 10.3. The van der Waals surface area contributed by atoms with Crippen molar-refractivity contribution in [2.24, 2.45) is 0 Å². The molecule has 4 nitrogen and oxygen atoms in total. The number of halogens is 1. The van der Waals surface area contributed by atoms with Crippen molar-refractivity contribution in [3.63, 3.8) is 0 Å². The molecule has 0 saturated carbocycles. The van der Waals surface area contributed by atoms with Gasteiger partial charge in [0, 0.05) is 42.9 Å². The van der Waals surface area contributed by atoms with E-state index in [2.05, 4.69) is 18.7 Å². The van der Waals surface area contributed by atoms with E-state index in [0.29, 0.717) is 30.0 Å². The second-order valence-corrected chi connectivity index (χ2v) is 5.49. The fourth-order valence-electron chi connectivity index (χ4n) is 2.53. The molecule has 1 aromatic carbocycles. The first-order valence-corrected chi connectivity index (χ1v) is 7.73. The van der Waals surface area contributed by atoms with Crippen LogP contribution in [0.5, 0.6) is 11.5 Å². The van der Waals surface area contributed by atoms with Crippen LogP contribution in [0, 0.1) is 0 Å². The van der Waals surface area contributed by atoms with Crippen molar-refractivity contribution in [1.29, 1.82) is 0 Å². The Hall–Kier alpha value is -0.970. The zero-order valence-corrected chi connectivity index (χ0v) is 14.1. The van der Waals surface area contributed by atoms with E-state index in [1.807, 2.05) is 0 Å². The third-order valence-electron chi connectivity index (χ3n) is 3.75. The molecule has 0 aliphatic carbocycles. The van der Waals surface area contributed by atoms with E-state index in [-0.39, 0.29) is 5.75 Å². The van der Waals surface area contributed by atoms with Crippen molar-refractivity contribution in [3.8, 4) is 11.5 Å². The number of phenolic OH excluding ortho intramolecular Hbond substituents is 1. The summed E-state index contributed by atoms with van der Waals surface area (Å²) in [5, 5.41) is 10.8. The molecule has 0 amide bonds. The summed E-state index contributed by atoms with van der Waals surface area (Å²) in [6.45, 7) is 6.45. The van der Waals surface area contributed by atoms with Crippen molar-refractivity contribution in [1.82, 2.24) is 4.90 Å². The highest BCUT2D eigenvalue weighted by atomic mass is 35.5. The van der Waals surface area contributed by atoms with Crippen molar-refractivity contribution in [2.75, 3.05) is 27.4 Å². The van der Waals surface area contributed by atoms with Crippen LogP contribution >= 0.6 is 11.6 Å². The lowest BCUT2D eigenvalue weighted by Gasteiger charge is -2.30. The molecule has 1 N–H and O–H groups in total. The second-order valence-electron chi connectivity index (χ2n) is 5.05. The molecule has 0 spiro atoms. The van der Waals surface area contributed by atoms with E-state index in [9.17, 15) is 5.11 Å². The largest absolute Gasteiger partial charge is 0.504 e. The number of benzene rings is 1. The van der Waals surface area contributed by atoms with E-state index >= 15 is 0 Å². The number of hydrogen-bond acceptors (Lipinski definition) is 4. The van der Waals surface area contributed by atoms with Crippen LogP contribution in [0.15, 0.2) is 12.1 Å². The van der Waals surface area contributed by atoms with Gasteiger partial charge in [-0.1, -0.05) is 25.4 Å². The predicted molar refractivity (Wildman–Crippen MR) is 86.3 cm³/mol. The monoisotopic (exact) mass is 315 g/mol. The lowest BCUT2D eigenvalue weighted by molar-refractivity contribution is 0.109. The highest BCUT2D eigenvalue weighted by molar-refractivity contribution is 6.30. The van der Waals surface area contributed by atoms with E-state index < -0.39 is 0 Å². The van der Waals surface area contributed by atoms with E-state index in [1.54, 1.807) is 19.2 Å². The number of nitrogens with zero attached hydrogens (tertiary/aromatic N) is 1. The maximum absolute atomic E-state index is 10.3. The predicted octanol–water partition coefficient (Wildman–Crippen LogP) is 3.69. The van der Waals surface area contributed by atoms with Gasteiger partial charge >= 0.3 is 0 Å².